The van der Waals surface area contributed by atoms with Gasteiger partial charge in [0.1, 0.15) is 11.6 Å². The van der Waals surface area contributed by atoms with Crippen LogP contribution in [0.2, 0.25) is 0 Å². The van der Waals surface area contributed by atoms with E-state index in [2.05, 4.69) is 16.4 Å². The highest BCUT2D eigenvalue weighted by atomic mass is 19.3. The Kier molecular flexibility index (Phi) is 8.78. The third-order valence-corrected chi connectivity index (χ3v) is 8.16. The van der Waals surface area contributed by atoms with E-state index in [4.69, 9.17) is 0 Å². The highest BCUT2D eigenvalue weighted by molar-refractivity contribution is 5.35. The first-order chi connectivity index (χ1) is 17.3. The third-order valence-electron chi connectivity index (χ3n) is 8.16. The van der Waals surface area contributed by atoms with Crippen molar-refractivity contribution in [3.05, 3.63) is 59.2 Å². The molecule has 7 heteroatoms. The lowest BCUT2D eigenvalue weighted by Crippen LogP contribution is -2.26. The average Bonchev–Trinajstić information content (AvgIpc) is 2.86. The van der Waals surface area contributed by atoms with E-state index in [9.17, 15) is 22.0 Å². The van der Waals surface area contributed by atoms with E-state index in [0.29, 0.717) is 12.0 Å². The van der Waals surface area contributed by atoms with Crippen molar-refractivity contribution in [2.75, 3.05) is 6.86 Å². The van der Waals surface area contributed by atoms with Crippen LogP contribution in [0.25, 0.3) is 0 Å². The Balaban J connectivity index is 1.35. The summed E-state index contributed by atoms with van der Waals surface area (Å²) in [5.74, 6) is -0.498. The molecule has 2 nitrogen and oxygen atoms in total. The molecule has 0 spiro atoms. The van der Waals surface area contributed by atoms with Crippen molar-refractivity contribution in [1.82, 2.24) is 0 Å². The molecule has 0 aromatic heterocycles. The van der Waals surface area contributed by atoms with E-state index < -0.39 is 41.7 Å². The Morgan fingerprint density at radius 2 is 1.50 bits per heavy atom. The van der Waals surface area contributed by atoms with E-state index in [-0.39, 0.29) is 5.92 Å². The molecule has 4 rings (SSSR count). The number of benzene rings is 2. The van der Waals surface area contributed by atoms with Crippen LogP contribution in [0, 0.1) is 29.4 Å². The van der Waals surface area contributed by atoms with E-state index in [1.807, 2.05) is 0 Å². The SMILES string of the molecule is CCCC1CCC(C2CCC(c3ccc(C(F)(F)Oc4ccc(OCF)c(F)c4)c(F)c3)CC2)CC1. The lowest BCUT2D eigenvalue weighted by Gasteiger charge is -2.38. The zero-order valence-corrected chi connectivity index (χ0v) is 20.8. The van der Waals surface area contributed by atoms with Crippen molar-refractivity contribution in [2.24, 2.45) is 17.8 Å². The van der Waals surface area contributed by atoms with E-state index in [0.717, 1.165) is 61.3 Å². The molecule has 2 fully saturated rings. The first-order valence-electron chi connectivity index (χ1n) is 13.2. The van der Waals surface area contributed by atoms with Gasteiger partial charge in [-0.25, -0.2) is 13.2 Å². The average molecular weight is 511 g/mol. The van der Waals surface area contributed by atoms with Crippen molar-refractivity contribution in [2.45, 2.75) is 83.2 Å². The van der Waals surface area contributed by atoms with Gasteiger partial charge >= 0.3 is 6.11 Å². The maximum atomic E-state index is 14.8. The minimum atomic E-state index is -4.01. The Hall–Kier alpha value is -2.31. The van der Waals surface area contributed by atoms with Crippen LogP contribution in [0.3, 0.4) is 0 Å². The fourth-order valence-corrected chi connectivity index (χ4v) is 6.23. The maximum absolute atomic E-state index is 14.8. The van der Waals surface area contributed by atoms with Gasteiger partial charge in [-0.1, -0.05) is 38.7 Å². The second kappa shape index (κ2) is 11.8. The van der Waals surface area contributed by atoms with Crippen LogP contribution in [0.15, 0.2) is 36.4 Å². The molecule has 0 aliphatic heterocycles. The number of ether oxygens (including phenoxy) is 2. The summed E-state index contributed by atoms with van der Waals surface area (Å²) in [6.07, 6.45) is 7.98. The zero-order valence-electron chi connectivity index (χ0n) is 20.8. The lowest BCUT2D eigenvalue weighted by atomic mass is 9.68. The van der Waals surface area contributed by atoms with Gasteiger partial charge in [-0.2, -0.15) is 8.78 Å². The summed E-state index contributed by atoms with van der Waals surface area (Å²) in [6, 6.07) is 6.44. The summed E-state index contributed by atoms with van der Waals surface area (Å²) in [5.41, 5.74) is -0.177. The molecule has 198 valence electrons. The lowest BCUT2D eigenvalue weighted by molar-refractivity contribution is -0.187. The Morgan fingerprint density at radius 3 is 2.08 bits per heavy atom. The summed E-state index contributed by atoms with van der Waals surface area (Å²) < 4.78 is 79.3. The smallest absolute Gasteiger partial charge is 0.429 e. The van der Waals surface area contributed by atoms with E-state index in [1.54, 1.807) is 6.07 Å². The minimum Gasteiger partial charge on any atom is -0.460 e. The van der Waals surface area contributed by atoms with Crippen molar-refractivity contribution in [1.29, 1.82) is 0 Å². The molecule has 0 unspecified atom stereocenters. The normalized spacial score (nSPS) is 24.9. The van der Waals surface area contributed by atoms with Crippen LogP contribution in [0.1, 0.15) is 88.2 Å². The second-order valence-corrected chi connectivity index (χ2v) is 10.4. The summed E-state index contributed by atoms with van der Waals surface area (Å²) in [6.45, 7) is 0.996. The predicted molar refractivity (Wildman–Crippen MR) is 129 cm³/mol. The fourth-order valence-electron chi connectivity index (χ4n) is 6.23. The molecule has 0 N–H and O–H groups in total. The molecule has 0 bridgehead atoms. The van der Waals surface area contributed by atoms with Gasteiger partial charge in [0.05, 0.1) is 5.56 Å². The summed E-state index contributed by atoms with van der Waals surface area (Å²) in [4.78, 5) is 0. The van der Waals surface area contributed by atoms with Gasteiger partial charge in [0, 0.05) is 6.07 Å². The van der Waals surface area contributed by atoms with Gasteiger partial charge in [0.15, 0.2) is 11.6 Å². The van der Waals surface area contributed by atoms with Gasteiger partial charge in [-0.15, -0.1) is 0 Å². The molecule has 0 amide bonds. The zero-order chi connectivity index (χ0) is 25.7. The third kappa shape index (κ3) is 6.33. The van der Waals surface area contributed by atoms with Crippen LogP contribution in [0.5, 0.6) is 11.5 Å². The maximum Gasteiger partial charge on any atom is 0.429 e. The molecule has 2 aliphatic carbocycles. The van der Waals surface area contributed by atoms with Crippen molar-refractivity contribution in [3.8, 4) is 11.5 Å². The molecule has 2 saturated carbocycles. The Bertz CT molecular complexity index is 995. The van der Waals surface area contributed by atoms with Gasteiger partial charge in [-0.3, -0.25) is 0 Å². The number of hydrogen-bond donors (Lipinski definition) is 0. The minimum absolute atomic E-state index is 0.160. The van der Waals surface area contributed by atoms with Crippen LogP contribution in [-0.2, 0) is 6.11 Å². The van der Waals surface area contributed by atoms with Crippen molar-refractivity contribution >= 4 is 0 Å². The van der Waals surface area contributed by atoms with Crippen molar-refractivity contribution in [3.63, 3.8) is 0 Å². The van der Waals surface area contributed by atoms with E-state index in [1.165, 1.54) is 44.6 Å². The second-order valence-electron chi connectivity index (χ2n) is 10.4. The standard InChI is InChI=1S/C29H35F5O2/c1-2-3-19-4-6-20(7-5-19)21-8-10-22(11-9-21)23-12-14-25(26(31)16-23)29(33,34)36-24-13-15-28(35-18-30)27(32)17-24/h12-17,19-22H,2-11,18H2,1H3. The highest BCUT2D eigenvalue weighted by Gasteiger charge is 2.38. The van der Waals surface area contributed by atoms with Crippen LogP contribution < -0.4 is 9.47 Å². The van der Waals surface area contributed by atoms with Gasteiger partial charge in [0.2, 0.25) is 6.86 Å². The number of hydrogen-bond acceptors (Lipinski definition) is 2. The Labute approximate surface area is 210 Å². The molecule has 0 radical (unpaired) electrons. The topological polar surface area (TPSA) is 18.5 Å². The van der Waals surface area contributed by atoms with Gasteiger partial charge in [-0.05, 0) is 92.0 Å². The van der Waals surface area contributed by atoms with Crippen LogP contribution in [0.4, 0.5) is 22.0 Å². The fraction of sp³-hybridized carbons (Fsp3) is 0.586. The first-order valence-corrected chi connectivity index (χ1v) is 13.2. The molecular weight excluding hydrogens is 475 g/mol. The summed E-state index contributed by atoms with van der Waals surface area (Å²) >= 11 is 0. The molecule has 0 atom stereocenters. The van der Waals surface area contributed by atoms with Gasteiger partial charge in [0.25, 0.3) is 0 Å². The molecule has 36 heavy (non-hydrogen) atoms. The predicted octanol–water partition coefficient (Wildman–Crippen LogP) is 9.28. The largest absolute Gasteiger partial charge is 0.460 e. The molecule has 0 saturated heterocycles. The number of alkyl halides is 3. The Morgan fingerprint density at radius 1 is 0.833 bits per heavy atom. The number of rotatable bonds is 9. The van der Waals surface area contributed by atoms with Crippen LogP contribution >= 0.6 is 0 Å². The van der Waals surface area contributed by atoms with E-state index >= 15 is 0 Å². The summed E-state index contributed by atoms with van der Waals surface area (Å²) in [5, 5.41) is 0. The molecule has 2 aromatic carbocycles. The van der Waals surface area contributed by atoms with Gasteiger partial charge < -0.3 is 9.47 Å². The molecule has 2 aromatic rings. The monoisotopic (exact) mass is 510 g/mol. The first kappa shape index (κ1) is 26.7. The van der Waals surface area contributed by atoms with Crippen molar-refractivity contribution < 1.29 is 31.4 Å². The number of halogens is 5. The summed E-state index contributed by atoms with van der Waals surface area (Å²) in [7, 11) is 0. The highest BCUT2D eigenvalue weighted by Crippen LogP contribution is 2.45. The van der Waals surface area contributed by atoms with Crippen LogP contribution in [-0.4, -0.2) is 6.86 Å². The molecule has 0 heterocycles. The molecular formula is C29H35F5O2. The molecule has 2 aliphatic rings. The quantitative estimate of drug-likeness (QED) is 0.313.